The third-order valence-corrected chi connectivity index (χ3v) is 8.02. The van der Waals surface area contributed by atoms with Gasteiger partial charge in [0.15, 0.2) is 0 Å². The normalized spacial score (nSPS) is 19.8. The van der Waals surface area contributed by atoms with Crippen molar-refractivity contribution in [2.75, 3.05) is 13.2 Å². The zero-order chi connectivity index (χ0) is 30.8. The quantitative estimate of drug-likeness (QED) is 0.252. The fourth-order valence-corrected chi connectivity index (χ4v) is 6.14. The monoisotopic (exact) mass is 612 g/mol. The largest absolute Gasteiger partial charge is 0.493 e. The first kappa shape index (κ1) is 31.0. The number of ether oxygens (including phenoxy) is 1. The molecule has 1 aliphatic heterocycles. The number of aromatic carboxylic acids is 1. The van der Waals surface area contributed by atoms with Gasteiger partial charge in [0.05, 0.1) is 30.2 Å². The van der Waals surface area contributed by atoms with Crippen LogP contribution in [0, 0.1) is 28.9 Å². The van der Waals surface area contributed by atoms with Crippen molar-refractivity contribution >= 4 is 35.1 Å². The molecular weight excluding hydrogens is 585 g/mol. The third kappa shape index (κ3) is 5.72. The molecule has 0 aromatic heterocycles. The predicted octanol–water partition coefficient (Wildman–Crippen LogP) is 7.54. The summed E-state index contributed by atoms with van der Waals surface area (Å²) in [6, 6.07) is 13.6. The van der Waals surface area contributed by atoms with Crippen LogP contribution in [0.15, 0.2) is 66.7 Å². The zero-order valence-corrected chi connectivity index (χ0v) is 24.5. The highest BCUT2D eigenvalue weighted by molar-refractivity contribution is 6.31. The number of carboxylic acids is 1. The first-order valence-electron chi connectivity index (χ1n) is 13.2. The van der Waals surface area contributed by atoms with E-state index in [-0.39, 0.29) is 58.5 Å². The topological polar surface area (TPSA) is 90.6 Å². The predicted molar refractivity (Wildman–Crippen MR) is 156 cm³/mol. The van der Waals surface area contributed by atoms with E-state index in [1.807, 2.05) is 0 Å². The molecule has 0 unspecified atom stereocenters. The molecule has 4 rings (SSSR count). The van der Waals surface area contributed by atoms with Crippen LogP contribution in [-0.2, 0) is 16.6 Å². The molecule has 6 nitrogen and oxygen atoms in total. The number of carbonyl (C=O) groups excluding carboxylic acids is 1. The Morgan fingerprint density at radius 1 is 1.19 bits per heavy atom. The van der Waals surface area contributed by atoms with Crippen molar-refractivity contribution in [2.45, 2.75) is 38.1 Å². The van der Waals surface area contributed by atoms with E-state index < -0.39 is 40.9 Å². The second-order valence-electron chi connectivity index (χ2n) is 10.3. The summed E-state index contributed by atoms with van der Waals surface area (Å²) >= 11 is 12.2. The molecule has 218 valence electrons. The maximum absolute atomic E-state index is 15.7. The smallest absolute Gasteiger partial charge is 0.339 e. The number of likely N-dealkylation sites (tertiary alicyclic amines) is 1. The van der Waals surface area contributed by atoms with Crippen LogP contribution in [-0.4, -0.2) is 35.0 Å². The van der Waals surface area contributed by atoms with E-state index in [1.54, 1.807) is 13.8 Å². The Bertz CT molecular complexity index is 1610. The van der Waals surface area contributed by atoms with Crippen molar-refractivity contribution < 1.29 is 28.2 Å². The van der Waals surface area contributed by atoms with E-state index >= 15 is 8.78 Å². The van der Waals surface area contributed by atoms with Gasteiger partial charge in [-0.3, -0.25) is 4.79 Å². The van der Waals surface area contributed by atoms with Crippen LogP contribution in [0.2, 0.25) is 10.0 Å². The lowest BCUT2D eigenvalue weighted by Crippen LogP contribution is -2.41. The van der Waals surface area contributed by atoms with Gasteiger partial charge in [0.2, 0.25) is 5.91 Å². The lowest BCUT2D eigenvalue weighted by molar-refractivity contribution is -0.131. The second-order valence-corrected chi connectivity index (χ2v) is 11.1. The number of amides is 1. The van der Waals surface area contributed by atoms with E-state index in [0.29, 0.717) is 11.1 Å². The molecule has 3 aromatic carbocycles. The van der Waals surface area contributed by atoms with Crippen molar-refractivity contribution in [1.82, 2.24) is 4.90 Å². The molecule has 1 heterocycles. The van der Waals surface area contributed by atoms with Crippen molar-refractivity contribution in [3.05, 3.63) is 111 Å². The summed E-state index contributed by atoms with van der Waals surface area (Å²) in [4.78, 5) is 27.1. The Labute approximate surface area is 252 Å². The maximum atomic E-state index is 15.7. The maximum Gasteiger partial charge on any atom is 0.339 e. The SMILES string of the molecule is C=C(C)C[C@@H]1CN(C(=O)Cc2ccc(C(=O)O)c(OCC)c2)[C@H](c2cccc(Cl)c2F)[C@@]1(C#N)c1ccc(Cl)cc1F. The number of hydrogen-bond acceptors (Lipinski definition) is 4. The summed E-state index contributed by atoms with van der Waals surface area (Å²) in [6.07, 6.45) is 0.0307. The highest BCUT2D eigenvalue weighted by Crippen LogP contribution is 2.55. The van der Waals surface area contributed by atoms with Gasteiger partial charge in [0.1, 0.15) is 28.4 Å². The van der Waals surface area contributed by atoms with Crippen molar-refractivity contribution in [3.8, 4) is 11.8 Å². The Morgan fingerprint density at radius 3 is 2.55 bits per heavy atom. The van der Waals surface area contributed by atoms with Crippen LogP contribution in [0.25, 0.3) is 0 Å². The van der Waals surface area contributed by atoms with Gasteiger partial charge in [-0.15, -0.1) is 6.58 Å². The second kappa shape index (κ2) is 12.5. The average molecular weight is 613 g/mol. The van der Waals surface area contributed by atoms with Crippen molar-refractivity contribution in [3.63, 3.8) is 0 Å². The number of nitriles is 1. The number of nitrogens with zero attached hydrogens (tertiary/aromatic N) is 2. The van der Waals surface area contributed by atoms with Gasteiger partial charge in [0, 0.05) is 28.6 Å². The highest BCUT2D eigenvalue weighted by Gasteiger charge is 2.59. The molecule has 1 N–H and O–H groups in total. The minimum absolute atomic E-state index is 0.0104. The van der Waals surface area contributed by atoms with Crippen LogP contribution in [0.1, 0.15) is 53.4 Å². The number of hydrogen-bond donors (Lipinski definition) is 1. The van der Waals surface area contributed by atoms with Crippen LogP contribution >= 0.6 is 23.2 Å². The molecule has 1 amide bonds. The standard InChI is InChI=1S/C32H28Cl2F2N2O4/c1-4-42-27-13-19(8-10-22(27)31(40)41)14-28(39)38-16-20(12-18(2)3)32(17-37,24-11-9-21(33)15-26(24)35)30(38)23-6-5-7-25(34)29(23)36/h5-11,13,15,20,30H,2,4,12,14,16H2,1,3H3,(H,40,41)/t20-,30-,32-/m1/s1. The lowest BCUT2D eigenvalue weighted by atomic mass is 9.65. The Balaban J connectivity index is 1.91. The fourth-order valence-electron chi connectivity index (χ4n) is 5.80. The van der Waals surface area contributed by atoms with Gasteiger partial charge in [-0.2, -0.15) is 5.26 Å². The first-order valence-corrected chi connectivity index (χ1v) is 13.9. The Hall–Kier alpha value is -3.93. The molecule has 0 radical (unpaired) electrons. The summed E-state index contributed by atoms with van der Waals surface area (Å²) in [5.41, 5.74) is -0.715. The molecule has 1 saturated heterocycles. The Kier molecular flexibility index (Phi) is 9.24. The van der Waals surface area contributed by atoms with Crippen LogP contribution in [0.5, 0.6) is 5.75 Å². The molecule has 1 aliphatic rings. The van der Waals surface area contributed by atoms with Gasteiger partial charge in [-0.05, 0) is 56.2 Å². The highest BCUT2D eigenvalue weighted by atomic mass is 35.5. The van der Waals surface area contributed by atoms with E-state index in [1.165, 1.54) is 53.4 Å². The minimum atomic E-state index is -1.74. The molecule has 0 bridgehead atoms. The van der Waals surface area contributed by atoms with E-state index in [4.69, 9.17) is 27.9 Å². The fraction of sp³-hybridized carbons (Fsp3) is 0.281. The average Bonchev–Trinajstić information content (AvgIpc) is 3.24. The van der Waals surface area contributed by atoms with Gasteiger partial charge >= 0.3 is 5.97 Å². The minimum Gasteiger partial charge on any atom is -0.493 e. The van der Waals surface area contributed by atoms with Gasteiger partial charge in [-0.1, -0.05) is 53.0 Å². The number of benzene rings is 3. The third-order valence-electron chi connectivity index (χ3n) is 7.49. The van der Waals surface area contributed by atoms with Gasteiger partial charge < -0.3 is 14.7 Å². The first-order chi connectivity index (χ1) is 19.9. The number of allylic oxidation sites excluding steroid dienone is 1. The van der Waals surface area contributed by atoms with Gasteiger partial charge in [-0.25, -0.2) is 13.6 Å². The summed E-state index contributed by atoms with van der Waals surface area (Å²) in [7, 11) is 0. The van der Waals surface area contributed by atoms with E-state index in [2.05, 4.69) is 12.6 Å². The summed E-state index contributed by atoms with van der Waals surface area (Å²) in [5.74, 6) is -3.82. The molecule has 0 saturated carbocycles. The Morgan fingerprint density at radius 2 is 1.93 bits per heavy atom. The van der Waals surface area contributed by atoms with Crippen molar-refractivity contribution in [2.24, 2.45) is 5.92 Å². The zero-order valence-electron chi connectivity index (χ0n) is 23.0. The summed E-state index contributed by atoms with van der Waals surface area (Å²) in [6.45, 7) is 7.65. The molecule has 3 atom stereocenters. The van der Waals surface area contributed by atoms with Crippen LogP contribution in [0.3, 0.4) is 0 Å². The summed E-state index contributed by atoms with van der Waals surface area (Å²) in [5, 5.41) is 20.3. The number of carbonyl (C=O) groups is 2. The van der Waals surface area contributed by atoms with E-state index in [0.717, 1.165) is 6.07 Å². The lowest BCUT2D eigenvalue weighted by Gasteiger charge is -2.36. The number of rotatable bonds is 9. The molecule has 0 spiro atoms. The number of halogens is 4. The van der Waals surface area contributed by atoms with Crippen LogP contribution in [0.4, 0.5) is 8.78 Å². The van der Waals surface area contributed by atoms with Gasteiger partial charge in [0.25, 0.3) is 0 Å². The molecule has 1 fully saturated rings. The van der Waals surface area contributed by atoms with E-state index in [9.17, 15) is 20.0 Å². The molecular formula is C32H28Cl2F2N2O4. The molecule has 42 heavy (non-hydrogen) atoms. The van der Waals surface area contributed by atoms with Crippen molar-refractivity contribution in [1.29, 1.82) is 5.26 Å². The molecule has 10 heteroatoms. The summed E-state index contributed by atoms with van der Waals surface area (Å²) < 4.78 is 36.9. The van der Waals surface area contributed by atoms with Crippen LogP contribution < -0.4 is 4.74 Å². The molecule has 0 aliphatic carbocycles. The molecule has 3 aromatic rings. The number of carboxylic acid groups (broad SMARTS) is 1.